The van der Waals surface area contributed by atoms with Crippen LogP contribution in [-0.4, -0.2) is 11.8 Å². The summed E-state index contributed by atoms with van der Waals surface area (Å²) in [5.74, 6) is 0.0948. The average Bonchev–Trinajstić information content (AvgIpc) is 2.65. The largest absolute Gasteiger partial charge is 0.326 e. The van der Waals surface area contributed by atoms with Gasteiger partial charge in [0.05, 0.1) is 0 Å². The predicted octanol–water partition coefficient (Wildman–Crippen LogP) is 6.52. The van der Waals surface area contributed by atoms with Crippen molar-refractivity contribution in [1.82, 2.24) is 0 Å². The molecule has 0 aromatic heterocycles. The second-order valence-electron chi connectivity index (χ2n) is 6.38. The number of carbonyl (C=O) groups excluding carboxylic acids is 2. The van der Waals surface area contributed by atoms with E-state index in [1.807, 2.05) is 48.5 Å². The number of amides is 2. The van der Waals surface area contributed by atoms with Crippen LogP contribution in [0.25, 0.3) is 0 Å². The Morgan fingerprint density at radius 3 is 1.30 bits per heavy atom. The van der Waals surface area contributed by atoms with Crippen LogP contribution in [0.4, 0.5) is 11.4 Å². The van der Waals surface area contributed by atoms with E-state index in [0.29, 0.717) is 12.8 Å². The molecule has 0 bridgehead atoms. The zero-order valence-electron chi connectivity index (χ0n) is 15.1. The third kappa shape index (κ3) is 9.20. The number of rotatable bonds is 10. The van der Waals surface area contributed by atoms with Gasteiger partial charge in [0.15, 0.2) is 0 Å². The van der Waals surface area contributed by atoms with Crippen molar-refractivity contribution in [2.45, 2.75) is 44.9 Å². The molecule has 144 valence electrons. The van der Waals surface area contributed by atoms with Gasteiger partial charge in [0.2, 0.25) is 11.8 Å². The minimum atomic E-state index is 0.0474. The molecule has 0 unspecified atom stereocenters. The van der Waals surface area contributed by atoms with Gasteiger partial charge < -0.3 is 10.6 Å². The molecule has 0 atom stereocenters. The summed E-state index contributed by atoms with van der Waals surface area (Å²) < 4.78 is 1.98. The fraction of sp³-hybridized carbons (Fsp3) is 0.333. The van der Waals surface area contributed by atoms with E-state index in [1.165, 1.54) is 0 Å². The third-order valence-corrected chi connectivity index (χ3v) is 5.12. The van der Waals surface area contributed by atoms with Crippen LogP contribution in [0, 0.1) is 0 Å². The van der Waals surface area contributed by atoms with Gasteiger partial charge in [0.1, 0.15) is 0 Å². The highest BCUT2D eigenvalue weighted by Gasteiger charge is 2.04. The van der Waals surface area contributed by atoms with Crippen LogP contribution in [0.15, 0.2) is 57.5 Å². The highest BCUT2D eigenvalue weighted by molar-refractivity contribution is 9.10. The minimum Gasteiger partial charge on any atom is -0.326 e. The lowest BCUT2D eigenvalue weighted by molar-refractivity contribution is -0.117. The smallest absolute Gasteiger partial charge is 0.224 e. The first-order valence-corrected chi connectivity index (χ1v) is 10.7. The Kier molecular flexibility index (Phi) is 9.56. The normalized spacial score (nSPS) is 10.4. The van der Waals surface area contributed by atoms with Crippen LogP contribution in [0.1, 0.15) is 44.9 Å². The van der Waals surface area contributed by atoms with E-state index in [2.05, 4.69) is 42.5 Å². The molecule has 2 N–H and O–H groups in total. The molecule has 0 aliphatic heterocycles. The Labute approximate surface area is 177 Å². The molecule has 0 heterocycles. The van der Waals surface area contributed by atoms with Crippen molar-refractivity contribution in [1.29, 1.82) is 0 Å². The van der Waals surface area contributed by atoms with Crippen molar-refractivity contribution in [2.24, 2.45) is 0 Å². The number of halogens is 2. The number of benzene rings is 2. The maximum atomic E-state index is 11.9. The average molecular weight is 496 g/mol. The molecule has 2 aromatic rings. The zero-order chi connectivity index (χ0) is 19.5. The number of hydrogen-bond acceptors (Lipinski definition) is 2. The van der Waals surface area contributed by atoms with Crippen LogP contribution >= 0.6 is 31.9 Å². The highest BCUT2D eigenvalue weighted by Crippen LogP contribution is 2.16. The fourth-order valence-electron chi connectivity index (χ4n) is 2.61. The molecule has 4 nitrogen and oxygen atoms in total. The van der Waals surface area contributed by atoms with Crippen LogP contribution in [0.5, 0.6) is 0 Å². The van der Waals surface area contributed by atoms with E-state index in [0.717, 1.165) is 52.4 Å². The summed E-state index contributed by atoms with van der Waals surface area (Å²) in [6.07, 6.45) is 5.84. The topological polar surface area (TPSA) is 58.2 Å². The van der Waals surface area contributed by atoms with Crippen molar-refractivity contribution < 1.29 is 9.59 Å². The van der Waals surface area contributed by atoms with Gasteiger partial charge >= 0.3 is 0 Å². The summed E-state index contributed by atoms with van der Waals surface area (Å²) in [5.41, 5.74) is 1.64. The van der Waals surface area contributed by atoms with Gasteiger partial charge in [-0.3, -0.25) is 9.59 Å². The molecule has 0 saturated carbocycles. The zero-order valence-corrected chi connectivity index (χ0v) is 18.3. The summed E-state index contributed by atoms with van der Waals surface area (Å²) in [4.78, 5) is 23.8. The Morgan fingerprint density at radius 2 is 0.926 bits per heavy atom. The molecule has 0 radical (unpaired) electrons. The van der Waals surface area contributed by atoms with Crippen molar-refractivity contribution in [2.75, 3.05) is 10.6 Å². The molecular formula is C21H24Br2N2O2. The number of carbonyl (C=O) groups is 2. The lowest BCUT2D eigenvalue weighted by Gasteiger charge is -2.06. The Morgan fingerprint density at radius 1 is 0.593 bits per heavy atom. The van der Waals surface area contributed by atoms with Gasteiger partial charge in [-0.2, -0.15) is 0 Å². The second kappa shape index (κ2) is 11.9. The summed E-state index contributed by atoms with van der Waals surface area (Å²) in [6, 6.07) is 15.1. The van der Waals surface area contributed by atoms with Crippen LogP contribution in [-0.2, 0) is 9.59 Å². The van der Waals surface area contributed by atoms with Crippen molar-refractivity contribution in [3.63, 3.8) is 0 Å². The molecule has 2 aromatic carbocycles. The minimum absolute atomic E-state index is 0.0474. The molecule has 0 fully saturated rings. The maximum Gasteiger partial charge on any atom is 0.224 e. The summed E-state index contributed by atoms with van der Waals surface area (Å²) in [7, 11) is 0. The first-order valence-electron chi connectivity index (χ1n) is 9.14. The van der Waals surface area contributed by atoms with Crippen LogP contribution < -0.4 is 10.6 Å². The van der Waals surface area contributed by atoms with Crippen molar-refractivity contribution >= 4 is 55.0 Å². The Balaban J connectivity index is 1.49. The van der Waals surface area contributed by atoms with Crippen LogP contribution in [0.2, 0.25) is 0 Å². The van der Waals surface area contributed by atoms with Gasteiger partial charge in [-0.1, -0.05) is 51.1 Å². The second-order valence-corrected chi connectivity index (χ2v) is 8.21. The standard InChI is InChI=1S/C21H24Br2N2O2/c22-16-8-12-18(13-9-16)24-20(26)6-4-2-1-3-5-7-21(27)25-19-14-10-17(23)11-15-19/h8-15H,1-7H2,(H,24,26)(H,25,27). The number of hydrogen-bond donors (Lipinski definition) is 2. The van der Waals surface area contributed by atoms with Crippen molar-refractivity contribution in [3.8, 4) is 0 Å². The van der Waals surface area contributed by atoms with Crippen molar-refractivity contribution in [3.05, 3.63) is 57.5 Å². The van der Waals surface area contributed by atoms with Gasteiger partial charge in [-0.05, 0) is 61.4 Å². The van der Waals surface area contributed by atoms with E-state index in [-0.39, 0.29) is 11.8 Å². The number of anilines is 2. The van der Waals surface area contributed by atoms with E-state index in [9.17, 15) is 9.59 Å². The van der Waals surface area contributed by atoms with Gasteiger partial charge in [-0.15, -0.1) is 0 Å². The SMILES string of the molecule is O=C(CCCCCCCC(=O)Nc1ccc(Br)cc1)Nc1ccc(Br)cc1. The molecule has 0 spiro atoms. The molecule has 6 heteroatoms. The summed E-state index contributed by atoms with van der Waals surface area (Å²) in [6.45, 7) is 0. The highest BCUT2D eigenvalue weighted by atomic mass is 79.9. The predicted molar refractivity (Wildman–Crippen MR) is 118 cm³/mol. The first-order chi connectivity index (χ1) is 13.0. The Hall–Kier alpha value is -1.66. The first kappa shape index (κ1) is 21.6. The molecule has 27 heavy (non-hydrogen) atoms. The van der Waals surface area contributed by atoms with E-state index in [1.54, 1.807) is 0 Å². The lowest BCUT2D eigenvalue weighted by atomic mass is 10.1. The quantitative estimate of drug-likeness (QED) is 0.368. The fourth-order valence-corrected chi connectivity index (χ4v) is 3.14. The molecule has 0 aliphatic rings. The lowest BCUT2D eigenvalue weighted by Crippen LogP contribution is -2.11. The summed E-state index contributed by atoms with van der Waals surface area (Å²) >= 11 is 6.74. The maximum absolute atomic E-state index is 11.9. The third-order valence-electron chi connectivity index (χ3n) is 4.06. The Bertz CT molecular complexity index is 667. The molecular weight excluding hydrogens is 472 g/mol. The number of nitrogens with one attached hydrogen (secondary N) is 2. The van der Waals surface area contributed by atoms with E-state index >= 15 is 0 Å². The summed E-state index contributed by atoms with van der Waals surface area (Å²) in [5, 5.41) is 5.79. The van der Waals surface area contributed by atoms with Crippen LogP contribution in [0.3, 0.4) is 0 Å². The van der Waals surface area contributed by atoms with E-state index < -0.39 is 0 Å². The molecule has 2 rings (SSSR count). The molecule has 0 saturated heterocycles. The van der Waals surface area contributed by atoms with E-state index in [4.69, 9.17) is 0 Å². The van der Waals surface area contributed by atoms with Gasteiger partial charge in [-0.25, -0.2) is 0 Å². The van der Waals surface area contributed by atoms with Gasteiger partial charge in [0.25, 0.3) is 0 Å². The monoisotopic (exact) mass is 494 g/mol. The molecule has 0 aliphatic carbocycles. The molecule has 2 amide bonds. The van der Waals surface area contributed by atoms with Gasteiger partial charge in [0, 0.05) is 33.2 Å². The number of unbranched alkanes of at least 4 members (excludes halogenated alkanes) is 4.